The minimum Gasteiger partial charge on any atom is -0.494 e. The number of benzene rings is 2. The zero-order valence-electron chi connectivity index (χ0n) is 15.6. The minimum absolute atomic E-state index is 0.217. The molecular weight excluding hydrogens is 349 g/mol. The molecule has 2 aromatic rings. The molecule has 1 fully saturated rings. The number of ether oxygens (including phenoxy) is 1. The largest absolute Gasteiger partial charge is 0.494 e. The average molecular weight is 375 g/mol. The summed E-state index contributed by atoms with van der Waals surface area (Å²) in [4.78, 5) is 0. The maximum absolute atomic E-state index is 13.5. The molecule has 2 aromatic carbocycles. The highest BCUT2D eigenvalue weighted by Crippen LogP contribution is 2.66. The quantitative estimate of drug-likeness (QED) is 0.674. The van der Waals surface area contributed by atoms with Crippen molar-refractivity contribution in [3.8, 4) is 5.75 Å². The highest BCUT2D eigenvalue weighted by molar-refractivity contribution is 7.54. The van der Waals surface area contributed by atoms with Gasteiger partial charge in [-0.05, 0) is 57.5 Å². The standard InChI is InChI=1S/C20H26NO4P/c1-5-23-19-12-8-17(9-13-19)20(21-18-10-6-14(2)7-11-18)26(22)24-15(3)16(4)25-26/h6-13,15-16,20-21H,5H2,1-4H3. The summed E-state index contributed by atoms with van der Waals surface area (Å²) < 4.78 is 30.6. The lowest BCUT2D eigenvalue weighted by Gasteiger charge is -2.25. The first kappa shape index (κ1) is 19.0. The fourth-order valence-corrected chi connectivity index (χ4v) is 5.25. The maximum Gasteiger partial charge on any atom is 0.357 e. The van der Waals surface area contributed by atoms with Crippen molar-refractivity contribution in [3.05, 3.63) is 59.7 Å². The van der Waals surface area contributed by atoms with E-state index in [1.54, 1.807) is 0 Å². The fraction of sp³-hybridized carbons (Fsp3) is 0.400. The first-order valence-electron chi connectivity index (χ1n) is 8.94. The molecule has 0 aliphatic carbocycles. The Labute approximate surface area is 155 Å². The average Bonchev–Trinajstić information content (AvgIpc) is 2.88. The topological polar surface area (TPSA) is 56.8 Å². The molecular formula is C20H26NO4P. The van der Waals surface area contributed by atoms with Crippen molar-refractivity contribution in [1.82, 2.24) is 0 Å². The summed E-state index contributed by atoms with van der Waals surface area (Å²) in [5.41, 5.74) is 2.86. The zero-order valence-corrected chi connectivity index (χ0v) is 16.5. The molecule has 0 aromatic heterocycles. The van der Waals surface area contributed by atoms with Gasteiger partial charge in [-0.3, -0.25) is 4.57 Å². The number of hydrogen-bond donors (Lipinski definition) is 1. The van der Waals surface area contributed by atoms with Crippen LogP contribution in [-0.4, -0.2) is 18.8 Å². The Morgan fingerprint density at radius 2 is 1.62 bits per heavy atom. The molecule has 3 atom stereocenters. The van der Waals surface area contributed by atoms with E-state index in [0.717, 1.165) is 22.6 Å². The summed E-state index contributed by atoms with van der Waals surface area (Å²) in [6, 6.07) is 15.5. The van der Waals surface area contributed by atoms with Crippen LogP contribution in [0.15, 0.2) is 48.5 Å². The maximum atomic E-state index is 13.5. The molecule has 1 N–H and O–H groups in total. The van der Waals surface area contributed by atoms with Crippen molar-refractivity contribution >= 4 is 13.3 Å². The zero-order chi connectivity index (χ0) is 18.7. The molecule has 3 unspecified atom stereocenters. The van der Waals surface area contributed by atoms with Gasteiger partial charge >= 0.3 is 7.60 Å². The van der Waals surface area contributed by atoms with E-state index in [2.05, 4.69) is 5.32 Å². The normalized spacial score (nSPS) is 26.5. The van der Waals surface area contributed by atoms with Crippen molar-refractivity contribution < 1.29 is 18.3 Å². The first-order chi connectivity index (χ1) is 12.4. The summed E-state index contributed by atoms with van der Waals surface area (Å²) in [6.45, 7) is 8.33. The second-order valence-corrected chi connectivity index (χ2v) is 8.59. The second-order valence-electron chi connectivity index (χ2n) is 6.58. The molecule has 0 radical (unpaired) electrons. The number of anilines is 1. The Kier molecular flexibility index (Phi) is 5.71. The van der Waals surface area contributed by atoms with Crippen LogP contribution in [0.4, 0.5) is 5.69 Å². The van der Waals surface area contributed by atoms with E-state index in [1.165, 1.54) is 0 Å². The molecule has 1 aliphatic heterocycles. The monoisotopic (exact) mass is 375 g/mol. The highest BCUT2D eigenvalue weighted by atomic mass is 31.2. The van der Waals surface area contributed by atoms with E-state index in [0.29, 0.717) is 6.61 Å². The van der Waals surface area contributed by atoms with Gasteiger partial charge in [-0.2, -0.15) is 0 Å². The Morgan fingerprint density at radius 3 is 2.15 bits per heavy atom. The van der Waals surface area contributed by atoms with Crippen LogP contribution in [0.1, 0.15) is 37.7 Å². The Balaban J connectivity index is 1.93. The third-order valence-electron chi connectivity index (χ3n) is 4.47. The first-order valence-corrected chi connectivity index (χ1v) is 10.5. The molecule has 140 valence electrons. The van der Waals surface area contributed by atoms with E-state index < -0.39 is 13.4 Å². The van der Waals surface area contributed by atoms with Crippen LogP contribution < -0.4 is 10.1 Å². The molecule has 3 rings (SSSR count). The smallest absolute Gasteiger partial charge is 0.357 e. The third kappa shape index (κ3) is 4.12. The molecule has 1 heterocycles. The van der Waals surface area contributed by atoms with Crippen molar-refractivity contribution in [1.29, 1.82) is 0 Å². The van der Waals surface area contributed by atoms with Crippen molar-refractivity contribution in [2.75, 3.05) is 11.9 Å². The van der Waals surface area contributed by atoms with Gasteiger partial charge in [0.2, 0.25) is 0 Å². The minimum atomic E-state index is -3.37. The molecule has 0 spiro atoms. The molecule has 0 bridgehead atoms. The van der Waals surface area contributed by atoms with Gasteiger partial charge in [0.25, 0.3) is 0 Å². The summed E-state index contributed by atoms with van der Waals surface area (Å²) in [6.07, 6.45) is -0.434. The number of hydrogen-bond acceptors (Lipinski definition) is 5. The van der Waals surface area contributed by atoms with Gasteiger partial charge in [0.15, 0.2) is 5.78 Å². The summed E-state index contributed by atoms with van der Waals surface area (Å²) in [5, 5.41) is 3.34. The SMILES string of the molecule is CCOc1ccc(C(Nc2ccc(C)cc2)P2(=O)OC(C)C(C)O2)cc1. The number of nitrogens with one attached hydrogen (secondary N) is 1. The molecule has 26 heavy (non-hydrogen) atoms. The summed E-state index contributed by atoms with van der Waals surface area (Å²) in [5.74, 6) is 0.187. The van der Waals surface area contributed by atoms with Gasteiger partial charge in [-0.1, -0.05) is 29.8 Å². The third-order valence-corrected chi connectivity index (χ3v) is 6.78. The summed E-state index contributed by atoms with van der Waals surface area (Å²) in [7, 11) is -3.37. The van der Waals surface area contributed by atoms with Crippen LogP contribution in [0.5, 0.6) is 5.75 Å². The number of rotatable bonds is 6. The predicted molar refractivity (Wildman–Crippen MR) is 104 cm³/mol. The lowest BCUT2D eigenvalue weighted by atomic mass is 10.2. The van der Waals surface area contributed by atoms with Crippen molar-refractivity contribution in [3.63, 3.8) is 0 Å². The van der Waals surface area contributed by atoms with Crippen LogP contribution in [-0.2, 0) is 13.6 Å². The van der Waals surface area contributed by atoms with E-state index in [-0.39, 0.29) is 12.2 Å². The molecule has 5 nitrogen and oxygen atoms in total. The molecule has 0 amide bonds. The van der Waals surface area contributed by atoms with E-state index in [4.69, 9.17) is 13.8 Å². The van der Waals surface area contributed by atoms with Crippen molar-refractivity contribution in [2.45, 2.75) is 45.7 Å². The summed E-state index contributed by atoms with van der Waals surface area (Å²) >= 11 is 0. The van der Waals surface area contributed by atoms with Crippen LogP contribution in [0.2, 0.25) is 0 Å². The van der Waals surface area contributed by atoms with Crippen LogP contribution in [0.25, 0.3) is 0 Å². The van der Waals surface area contributed by atoms with Gasteiger partial charge < -0.3 is 19.1 Å². The molecule has 1 saturated heterocycles. The van der Waals surface area contributed by atoms with Gasteiger partial charge in [0.05, 0.1) is 18.8 Å². The molecule has 6 heteroatoms. The van der Waals surface area contributed by atoms with E-state index in [1.807, 2.05) is 76.2 Å². The Hall–Kier alpha value is -1.81. The molecule has 1 aliphatic rings. The second kappa shape index (κ2) is 7.83. The number of aryl methyl sites for hydroxylation is 1. The van der Waals surface area contributed by atoms with Gasteiger partial charge in [-0.25, -0.2) is 0 Å². The van der Waals surface area contributed by atoms with E-state index >= 15 is 0 Å². The fourth-order valence-electron chi connectivity index (χ4n) is 2.85. The van der Waals surface area contributed by atoms with Crippen LogP contribution >= 0.6 is 7.60 Å². The van der Waals surface area contributed by atoms with Gasteiger partial charge in [0, 0.05) is 5.69 Å². The molecule has 0 saturated carbocycles. The van der Waals surface area contributed by atoms with E-state index in [9.17, 15) is 4.57 Å². The van der Waals surface area contributed by atoms with Gasteiger partial charge in [-0.15, -0.1) is 0 Å². The lowest BCUT2D eigenvalue weighted by molar-refractivity contribution is 0.187. The predicted octanol–water partition coefficient (Wildman–Crippen LogP) is 5.52. The highest BCUT2D eigenvalue weighted by Gasteiger charge is 2.47. The van der Waals surface area contributed by atoms with Crippen molar-refractivity contribution in [2.24, 2.45) is 0 Å². The van der Waals surface area contributed by atoms with Crippen LogP contribution in [0.3, 0.4) is 0 Å². The van der Waals surface area contributed by atoms with Crippen LogP contribution in [0, 0.1) is 6.92 Å². The Bertz CT molecular complexity index is 761. The Morgan fingerprint density at radius 1 is 1.04 bits per heavy atom. The van der Waals surface area contributed by atoms with Gasteiger partial charge in [0.1, 0.15) is 5.75 Å². The lowest BCUT2D eigenvalue weighted by Crippen LogP contribution is -2.13.